The highest BCUT2D eigenvalue weighted by Gasteiger charge is 2.44. The third kappa shape index (κ3) is 1.04. The number of ketones is 1. The van der Waals surface area contributed by atoms with E-state index in [-0.39, 0.29) is 11.7 Å². The summed E-state index contributed by atoms with van der Waals surface area (Å²) in [5.74, 6) is 0.271. The number of benzene rings is 1. The molecular formula is C12H15NO. The molecule has 0 aliphatic heterocycles. The Labute approximate surface area is 84.1 Å². The zero-order chi connectivity index (χ0) is 10.3. The fourth-order valence-electron chi connectivity index (χ4n) is 2.39. The molecule has 0 amide bonds. The van der Waals surface area contributed by atoms with Crippen molar-refractivity contribution in [2.24, 2.45) is 11.7 Å². The van der Waals surface area contributed by atoms with Crippen LogP contribution in [0, 0.1) is 5.92 Å². The lowest BCUT2D eigenvalue weighted by molar-refractivity contribution is -0.123. The molecule has 2 rings (SSSR count). The summed E-state index contributed by atoms with van der Waals surface area (Å²) in [5, 5.41) is 0. The van der Waals surface area contributed by atoms with Crippen molar-refractivity contribution in [3.8, 4) is 0 Å². The van der Waals surface area contributed by atoms with Gasteiger partial charge in [-0.3, -0.25) is 4.79 Å². The second kappa shape index (κ2) is 2.92. The highest BCUT2D eigenvalue weighted by Crippen LogP contribution is 2.39. The summed E-state index contributed by atoms with van der Waals surface area (Å²) in [4.78, 5) is 11.6. The standard InChI is InChI=1S/C12H15NO/c1-8-7-10-5-3-4-6-11(10)12(8,13)9(2)14/h3-6,8H,7,13H2,1-2H3. The molecule has 0 saturated carbocycles. The van der Waals surface area contributed by atoms with Crippen LogP contribution in [0.15, 0.2) is 24.3 Å². The van der Waals surface area contributed by atoms with Crippen molar-refractivity contribution in [1.82, 2.24) is 0 Å². The van der Waals surface area contributed by atoms with Crippen molar-refractivity contribution in [3.63, 3.8) is 0 Å². The molecule has 2 heteroatoms. The highest BCUT2D eigenvalue weighted by atomic mass is 16.1. The smallest absolute Gasteiger partial charge is 0.154 e. The van der Waals surface area contributed by atoms with Crippen molar-refractivity contribution in [2.45, 2.75) is 25.8 Å². The molecule has 1 aliphatic rings. The van der Waals surface area contributed by atoms with Gasteiger partial charge >= 0.3 is 0 Å². The van der Waals surface area contributed by atoms with E-state index in [2.05, 4.69) is 6.07 Å². The van der Waals surface area contributed by atoms with Crippen LogP contribution >= 0.6 is 0 Å². The van der Waals surface area contributed by atoms with E-state index in [9.17, 15) is 4.79 Å². The normalized spacial score (nSPS) is 30.1. The van der Waals surface area contributed by atoms with Crippen molar-refractivity contribution >= 4 is 5.78 Å². The Hall–Kier alpha value is -1.15. The maximum Gasteiger partial charge on any atom is 0.154 e. The van der Waals surface area contributed by atoms with Gasteiger partial charge in [-0.2, -0.15) is 0 Å². The molecule has 0 saturated heterocycles. The van der Waals surface area contributed by atoms with Gasteiger partial charge in [0.05, 0.1) is 0 Å². The summed E-state index contributed by atoms with van der Waals surface area (Å²) < 4.78 is 0. The summed E-state index contributed by atoms with van der Waals surface area (Å²) in [5.41, 5.74) is 7.69. The molecule has 0 aromatic heterocycles. The molecule has 14 heavy (non-hydrogen) atoms. The number of fused-ring (bicyclic) bond motifs is 1. The minimum absolute atomic E-state index is 0.0648. The zero-order valence-electron chi connectivity index (χ0n) is 8.58. The fraction of sp³-hybridized carbons (Fsp3) is 0.417. The van der Waals surface area contributed by atoms with Gasteiger partial charge in [0, 0.05) is 0 Å². The number of carbonyl (C=O) groups is 1. The topological polar surface area (TPSA) is 43.1 Å². The lowest BCUT2D eigenvalue weighted by Gasteiger charge is -2.27. The van der Waals surface area contributed by atoms with Crippen LogP contribution in [0.1, 0.15) is 25.0 Å². The van der Waals surface area contributed by atoms with Crippen LogP contribution in [0.4, 0.5) is 0 Å². The number of nitrogens with two attached hydrogens (primary N) is 1. The minimum atomic E-state index is -0.753. The van der Waals surface area contributed by atoms with E-state index in [4.69, 9.17) is 5.73 Å². The van der Waals surface area contributed by atoms with Crippen LogP contribution in [0.3, 0.4) is 0 Å². The summed E-state index contributed by atoms with van der Waals surface area (Å²) in [6, 6.07) is 7.97. The lowest BCUT2D eigenvalue weighted by atomic mass is 9.82. The molecule has 2 nitrogen and oxygen atoms in total. The van der Waals surface area contributed by atoms with Gasteiger partial charge in [0.25, 0.3) is 0 Å². The monoisotopic (exact) mass is 189 g/mol. The Kier molecular flexibility index (Phi) is 1.96. The molecule has 74 valence electrons. The Balaban J connectivity index is 2.60. The van der Waals surface area contributed by atoms with Crippen LogP contribution in [0.5, 0.6) is 0 Å². The van der Waals surface area contributed by atoms with E-state index in [0.29, 0.717) is 0 Å². The van der Waals surface area contributed by atoms with Crippen LogP contribution in [0.2, 0.25) is 0 Å². The predicted octanol–water partition coefficient (Wildman–Crippen LogP) is 1.62. The second-order valence-electron chi connectivity index (χ2n) is 4.19. The van der Waals surface area contributed by atoms with Crippen molar-refractivity contribution in [1.29, 1.82) is 0 Å². The van der Waals surface area contributed by atoms with E-state index in [1.165, 1.54) is 5.56 Å². The minimum Gasteiger partial charge on any atom is -0.315 e. The van der Waals surface area contributed by atoms with Gasteiger partial charge in [-0.15, -0.1) is 0 Å². The maximum absolute atomic E-state index is 11.6. The SMILES string of the molecule is CC(=O)C1(N)c2ccccc2CC1C. The highest BCUT2D eigenvalue weighted by molar-refractivity contribution is 5.89. The lowest BCUT2D eigenvalue weighted by Crippen LogP contribution is -2.46. The van der Waals surface area contributed by atoms with E-state index in [1.54, 1.807) is 6.92 Å². The third-order valence-electron chi connectivity index (χ3n) is 3.35. The maximum atomic E-state index is 11.6. The van der Waals surface area contributed by atoms with E-state index in [0.717, 1.165) is 12.0 Å². The molecule has 1 aromatic rings. The molecule has 0 bridgehead atoms. The largest absolute Gasteiger partial charge is 0.315 e. The molecule has 2 N–H and O–H groups in total. The van der Waals surface area contributed by atoms with Gasteiger partial charge in [-0.05, 0) is 30.4 Å². The summed E-state index contributed by atoms with van der Waals surface area (Å²) >= 11 is 0. The zero-order valence-corrected chi connectivity index (χ0v) is 8.58. The Morgan fingerprint density at radius 3 is 2.79 bits per heavy atom. The fourth-order valence-corrected chi connectivity index (χ4v) is 2.39. The van der Waals surface area contributed by atoms with Gasteiger partial charge in [-0.1, -0.05) is 31.2 Å². The van der Waals surface area contributed by atoms with Gasteiger partial charge in [0.15, 0.2) is 5.78 Å². The van der Waals surface area contributed by atoms with Crippen LogP contribution in [-0.2, 0) is 16.8 Å². The van der Waals surface area contributed by atoms with Gasteiger partial charge in [-0.25, -0.2) is 0 Å². The molecule has 0 spiro atoms. The average Bonchev–Trinajstić information content (AvgIpc) is 2.41. The quantitative estimate of drug-likeness (QED) is 0.729. The molecule has 1 aromatic carbocycles. The van der Waals surface area contributed by atoms with Crippen LogP contribution in [-0.4, -0.2) is 5.78 Å². The van der Waals surface area contributed by atoms with E-state index < -0.39 is 5.54 Å². The Morgan fingerprint density at radius 2 is 2.14 bits per heavy atom. The molecule has 2 unspecified atom stereocenters. The van der Waals surface area contributed by atoms with Gasteiger partial charge in [0.2, 0.25) is 0 Å². The first-order chi connectivity index (χ1) is 6.56. The molecular weight excluding hydrogens is 174 g/mol. The first-order valence-electron chi connectivity index (χ1n) is 4.95. The number of carbonyl (C=O) groups excluding carboxylic acids is 1. The second-order valence-corrected chi connectivity index (χ2v) is 4.19. The predicted molar refractivity (Wildman–Crippen MR) is 55.9 cm³/mol. The summed E-state index contributed by atoms with van der Waals surface area (Å²) in [6.45, 7) is 3.62. The number of hydrogen-bond acceptors (Lipinski definition) is 2. The first-order valence-corrected chi connectivity index (χ1v) is 4.95. The van der Waals surface area contributed by atoms with E-state index in [1.807, 2.05) is 25.1 Å². The average molecular weight is 189 g/mol. The number of Topliss-reactive ketones (excluding diaryl/α,β-unsaturated/α-hetero) is 1. The van der Waals surface area contributed by atoms with Gasteiger partial charge in [0.1, 0.15) is 5.54 Å². The Bertz CT molecular complexity index is 386. The molecule has 1 aliphatic carbocycles. The first kappa shape index (κ1) is 9.41. The molecule has 0 radical (unpaired) electrons. The van der Waals surface area contributed by atoms with Gasteiger partial charge < -0.3 is 5.73 Å². The van der Waals surface area contributed by atoms with Crippen molar-refractivity contribution in [2.75, 3.05) is 0 Å². The number of hydrogen-bond donors (Lipinski definition) is 1. The molecule has 0 fully saturated rings. The molecule has 2 atom stereocenters. The number of rotatable bonds is 1. The van der Waals surface area contributed by atoms with E-state index >= 15 is 0 Å². The van der Waals surface area contributed by atoms with Crippen molar-refractivity contribution < 1.29 is 4.79 Å². The van der Waals surface area contributed by atoms with Crippen molar-refractivity contribution in [3.05, 3.63) is 35.4 Å². The van der Waals surface area contributed by atoms with Crippen LogP contribution < -0.4 is 5.73 Å². The summed E-state index contributed by atoms with van der Waals surface area (Å²) in [6.07, 6.45) is 0.909. The summed E-state index contributed by atoms with van der Waals surface area (Å²) in [7, 11) is 0. The molecule has 0 heterocycles. The Morgan fingerprint density at radius 1 is 1.50 bits per heavy atom. The third-order valence-corrected chi connectivity index (χ3v) is 3.35. The van der Waals surface area contributed by atoms with Crippen LogP contribution in [0.25, 0.3) is 0 Å².